The van der Waals surface area contributed by atoms with E-state index in [1.165, 1.54) is 24.8 Å². The molecule has 17 heavy (non-hydrogen) atoms. The summed E-state index contributed by atoms with van der Waals surface area (Å²) in [6, 6.07) is 0.622. The lowest BCUT2D eigenvalue weighted by Gasteiger charge is -2.24. The second kappa shape index (κ2) is 5.21. The Morgan fingerprint density at radius 1 is 1.47 bits per heavy atom. The summed E-state index contributed by atoms with van der Waals surface area (Å²) in [5.41, 5.74) is 1.90. The van der Waals surface area contributed by atoms with Crippen molar-refractivity contribution in [3.05, 3.63) is 18.0 Å². The maximum absolute atomic E-state index is 4.36. The third-order valence-electron chi connectivity index (χ3n) is 3.97. The number of aromatic nitrogens is 2. The second-order valence-corrected chi connectivity index (χ2v) is 5.57. The lowest BCUT2D eigenvalue weighted by Crippen LogP contribution is -2.38. The highest BCUT2D eigenvalue weighted by atomic mass is 15.3. The molecule has 1 fully saturated rings. The Morgan fingerprint density at radius 2 is 2.24 bits per heavy atom. The van der Waals surface area contributed by atoms with Gasteiger partial charge in [-0.1, -0.05) is 13.8 Å². The van der Waals surface area contributed by atoms with E-state index >= 15 is 0 Å². The standard InChI is InChI=1S/C14H25N3/c1-4-8-15-13(14(3)6-7-14)9-12-10-16-17(5-2)11-12/h10-11,13,15H,4-9H2,1-3H3. The summed E-state index contributed by atoms with van der Waals surface area (Å²) in [6.45, 7) is 8.86. The van der Waals surface area contributed by atoms with E-state index in [0.29, 0.717) is 11.5 Å². The van der Waals surface area contributed by atoms with Gasteiger partial charge in [0, 0.05) is 18.8 Å². The number of aryl methyl sites for hydroxylation is 1. The van der Waals surface area contributed by atoms with Crippen LogP contribution < -0.4 is 5.32 Å². The van der Waals surface area contributed by atoms with Gasteiger partial charge in [0.05, 0.1) is 6.20 Å². The van der Waals surface area contributed by atoms with Crippen LogP contribution >= 0.6 is 0 Å². The molecule has 1 unspecified atom stereocenters. The van der Waals surface area contributed by atoms with Gasteiger partial charge in [-0.25, -0.2) is 0 Å². The normalized spacial score (nSPS) is 19.2. The van der Waals surface area contributed by atoms with Gasteiger partial charge in [0.1, 0.15) is 0 Å². The Labute approximate surface area is 105 Å². The van der Waals surface area contributed by atoms with Gasteiger partial charge in [0.25, 0.3) is 0 Å². The molecule has 3 nitrogen and oxygen atoms in total. The number of hydrogen-bond donors (Lipinski definition) is 1. The molecule has 1 saturated carbocycles. The van der Waals surface area contributed by atoms with E-state index < -0.39 is 0 Å². The summed E-state index contributed by atoms with van der Waals surface area (Å²) in [5.74, 6) is 0. The summed E-state index contributed by atoms with van der Waals surface area (Å²) in [5, 5.41) is 8.07. The van der Waals surface area contributed by atoms with Crippen molar-refractivity contribution in [1.82, 2.24) is 15.1 Å². The average molecular weight is 235 g/mol. The molecule has 1 aliphatic rings. The number of hydrogen-bond acceptors (Lipinski definition) is 2. The molecular formula is C14H25N3. The molecule has 0 amide bonds. The lowest BCUT2D eigenvalue weighted by atomic mass is 9.93. The van der Waals surface area contributed by atoms with Crippen molar-refractivity contribution >= 4 is 0 Å². The minimum Gasteiger partial charge on any atom is -0.313 e. The molecule has 1 aliphatic carbocycles. The molecule has 3 heteroatoms. The van der Waals surface area contributed by atoms with Crippen molar-refractivity contribution in [3.8, 4) is 0 Å². The highest BCUT2D eigenvalue weighted by Crippen LogP contribution is 2.48. The van der Waals surface area contributed by atoms with Gasteiger partial charge in [0.15, 0.2) is 0 Å². The van der Waals surface area contributed by atoms with E-state index in [0.717, 1.165) is 19.5 Å². The van der Waals surface area contributed by atoms with Gasteiger partial charge >= 0.3 is 0 Å². The van der Waals surface area contributed by atoms with Gasteiger partial charge in [0.2, 0.25) is 0 Å². The van der Waals surface area contributed by atoms with Crippen molar-refractivity contribution in [1.29, 1.82) is 0 Å². The molecule has 0 radical (unpaired) electrons. The molecule has 96 valence electrons. The van der Waals surface area contributed by atoms with Crippen LogP contribution in [0.5, 0.6) is 0 Å². The molecule has 0 aromatic carbocycles. The molecule has 1 heterocycles. The summed E-state index contributed by atoms with van der Waals surface area (Å²) < 4.78 is 2.02. The molecule has 0 saturated heterocycles. The van der Waals surface area contributed by atoms with Crippen molar-refractivity contribution in [3.63, 3.8) is 0 Å². The van der Waals surface area contributed by atoms with Gasteiger partial charge in [-0.05, 0) is 50.1 Å². The fourth-order valence-electron chi connectivity index (χ4n) is 2.35. The predicted molar refractivity (Wildman–Crippen MR) is 71.0 cm³/mol. The SMILES string of the molecule is CCCNC(Cc1cnn(CC)c1)C1(C)CC1. The van der Waals surface area contributed by atoms with Crippen LogP contribution in [0.25, 0.3) is 0 Å². The van der Waals surface area contributed by atoms with Crippen LogP contribution in [0.2, 0.25) is 0 Å². The average Bonchev–Trinajstić information content (AvgIpc) is 2.92. The van der Waals surface area contributed by atoms with E-state index in [-0.39, 0.29) is 0 Å². The summed E-state index contributed by atoms with van der Waals surface area (Å²) in [6.07, 6.45) is 9.28. The van der Waals surface area contributed by atoms with E-state index in [9.17, 15) is 0 Å². The fraction of sp³-hybridized carbons (Fsp3) is 0.786. The first kappa shape index (κ1) is 12.6. The number of rotatable bonds is 7. The second-order valence-electron chi connectivity index (χ2n) is 5.57. The molecule has 1 aromatic heterocycles. The van der Waals surface area contributed by atoms with Gasteiger partial charge < -0.3 is 5.32 Å². The maximum Gasteiger partial charge on any atom is 0.0522 e. The van der Waals surface area contributed by atoms with Crippen LogP contribution in [-0.4, -0.2) is 22.4 Å². The summed E-state index contributed by atoms with van der Waals surface area (Å²) in [7, 11) is 0. The van der Waals surface area contributed by atoms with E-state index in [1.54, 1.807) is 0 Å². The third-order valence-corrected chi connectivity index (χ3v) is 3.97. The monoisotopic (exact) mass is 235 g/mol. The molecule has 1 N–H and O–H groups in total. The zero-order valence-electron chi connectivity index (χ0n) is 11.4. The van der Waals surface area contributed by atoms with Crippen LogP contribution in [0.4, 0.5) is 0 Å². The van der Waals surface area contributed by atoms with Crippen molar-refractivity contribution in [2.75, 3.05) is 6.54 Å². The highest BCUT2D eigenvalue weighted by molar-refractivity contribution is 5.11. The molecular weight excluding hydrogens is 210 g/mol. The Morgan fingerprint density at radius 3 is 2.76 bits per heavy atom. The van der Waals surface area contributed by atoms with Crippen molar-refractivity contribution in [2.24, 2.45) is 5.41 Å². The zero-order chi connectivity index (χ0) is 12.3. The Kier molecular flexibility index (Phi) is 3.87. The van der Waals surface area contributed by atoms with Crippen molar-refractivity contribution < 1.29 is 0 Å². The molecule has 2 rings (SSSR count). The topological polar surface area (TPSA) is 29.9 Å². The van der Waals surface area contributed by atoms with E-state index in [4.69, 9.17) is 0 Å². The molecule has 0 bridgehead atoms. The van der Waals surface area contributed by atoms with Crippen LogP contribution in [0.3, 0.4) is 0 Å². The zero-order valence-corrected chi connectivity index (χ0v) is 11.4. The van der Waals surface area contributed by atoms with Gasteiger partial charge in [-0.3, -0.25) is 4.68 Å². The first-order valence-electron chi connectivity index (χ1n) is 6.92. The maximum atomic E-state index is 4.36. The van der Waals surface area contributed by atoms with Gasteiger partial charge in [-0.2, -0.15) is 5.10 Å². The third kappa shape index (κ3) is 3.09. The minimum atomic E-state index is 0.531. The Bertz CT molecular complexity index is 352. The first-order valence-corrected chi connectivity index (χ1v) is 6.92. The predicted octanol–water partition coefficient (Wildman–Crippen LogP) is 2.61. The van der Waals surface area contributed by atoms with Crippen LogP contribution in [0.1, 0.15) is 45.6 Å². The molecule has 0 spiro atoms. The summed E-state index contributed by atoms with van der Waals surface area (Å²) in [4.78, 5) is 0. The Hall–Kier alpha value is -0.830. The smallest absolute Gasteiger partial charge is 0.0522 e. The van der Waals surface area contributed by atoms with E-state index in [1.807, 2.05) is 10.9 Å². The lowest BCUT2D eigenvalue weighted by molar-refractivity contribution is 0.354. The first-order chi connectivity index (χ1) is 8.18. The van der Waals surface area contributed by atoms with Crippen molar-refractivity contribution in [2.45, 2.75) is 59.0 Å². The largest absolute Gasteiger partial charge is 0.313 e. The van der Waals surface area contributed by atoms with Crippen LogP contribution in [-0.2, 0) is 13.0 Å². The van der Waals surface area contributed by atoms with Crippen LogP contribution in [0.15, 0.2) is 12.4 Å². The summed E-state index contributed by atoms with van der Waals surface area (Å²) >= 11 is 0. The van der Waals surface area contributed by atoms with Gasteiger partial charge in [-0.15, -0.1) is 0 Å². The molecule has 1 aromatic rings. The van der Waals surface area contributed by atoms with E-state index in [2.05, 4.69) is 37.4 Å². The minimum absolute atomic E-state index is 0.531. The Balaban J connectivity index is 1.96. The van der Waals surface area contributed by atoms with Crippen LogP contribution in [0, 0.1) is 5.41 Å². The number of nitrogens with zero attached hydrogens (tertiary/aromatic N) is 2. The fourth-order valence-corrected chi connectivity index (χ4v) is 2.35. The molecule has 1 atom stereocenters. The molecule has 0 aliphatic heterocycles. The quantitative estimate of drug-likeness (QED) is 0.787. The highest BCUT2D eigenvalue weighted by Gasteiger charge is 2.44. The number of nitrogens with one attached hydrogen (secondary N) is 1.